The molecule has 0 bridgehead atoms. The average Bonchev–Trinajstić information content (AvgIpc) is 2.40. The molecule has 0 amide bonds. The SMILES string of the molecule is CC1CCN(S(=O)(=O)NC(C)C2CCNCC2)CC1. The topological polar surface area (TPSA) is 61.4 Å². The van der Waals surface area contributed by atoms with E-state index in [0.29, 0.717) is 24.9 Å². The van der Waals surface area contributed by atoms with E-state index >= 15 is 0 Å². The first-order valence-electron chi connectivity index (χ1n) is 7.47. The van der Waals surface area contributed by atoms with Crippen LogP contribution in [-0.2, 0) is 10.2 Å². The Morgan fingerprint density at radius 2 is 1.74 bits per heavy atom. The van der Waals surface area contributed by atoms with E-state index < -0.39 is 10.2 Å². The van der Waals surface area contributed by atoms with Gasteiger partial charge in [0.1, 0.15) is 0 Å². The Bertz CT molecular complexity index is 371. The van der Waals surface area contributed by atoms with E-state index in [9.17, 15) is 8.42 Å². The van der Waals surface area contributed by atoms with Crippen molar-refractivity contribution in [2.75, 3.05) is 26.2 Å². The fourth-order valence-corrected chi connectivity index (χ4v) is 4.48. The summed E-state index contributed by atoms with van der Waals surface area (Å²) in [5.74, 6) is 1.10. The molecule has 0 aliphatic carbocycles. The molecule has 2 N–H and O–H groups in total. The minimum atomic E-state index is -3.29. The van der Waals surface area contributed by atoms with Crippen molar-refractivity contribution >= 4 is 10.2 Å². The van der Waals surface area contributed by atoms with E-state index in [-0.39, 0.29) is 6.04 Å². The van der Waals surface area contributed by atoms with Gasteiger partial charge in [0.15, 0.2) is 0 Å². The molecule has 0 spiro atoms. The third kappa shape index (κ3) is 4.15. The molecule has 19 heavy (non-hydrogen) atoms. The van der Waals surface area contributed by atoms with Crippen molar-refractivity contribution in [3.8, 4) is 0 Å². The molecular weight excluding hydrogens is 262 g/mol. The second kappa shape index (κ2) is 6.52. The Morgan fingerprint density at radius 3 is 2.32 bits per heavy atom. The first kappa shape index (κ1) is 15.2. The number of nitrogens with zero attached hydrogens (tertiary/aromatic N) is 1. The van der Waals surface area contributed by atoms with Crippen LogP contribution in [0.2, 0.25) is 0 Å². The van der Waals surface area contributed by atoms with Gasteiger partial charge in [-0.1, -0.05) is 6.92 Å². The number of piperidine rings is 2. The van der Waals surface area contributed by atoms with Crippen LogP contribution in [0.4, 0.5) is 0 Å². The summed E-state index contributed by atoms with van der Waals surface area (Å²) in [7, 11) is -3.29. The highest BCUT2D eigenvalue weighted by Gasteiger charge is 2.30. The maximum absolute atomic E-state index is 12.3. The standard InChI is InChI=1S/C13H27N3O2S/c1-11-5-9-16(10-6-11)19(17,18)15-12(2)13-3-7-14-8-4-13/h11-15H,3-10H2,1-2H3. The largest absolute Gasteiger partial charge is 0.317 e. The highest BCUT2D eigenvalue weighted by Crippen LogP contribution is 2.20. The highest BCUT2D eigenvalue weighted by molar-refractivity contribution is 7.87. The van der Waals surface area contributed by atoms with E-state index in [4.69, 9.17) is 0 Å². The van der Waals surface area contributed by atoms with E-state index in [2.05, 4.69) is 17.0 Å². The zero-order valence-corrected chi connectivity index (χ0v) is 12.9. The van der Waals surface area contributed by atoms with Gasteiger partial charge in [-0.25, -0.2) is 0 Å². The Balaban J connectivity index is 1.89. The van der Waals surface area contributed by atoms with Gasteiger partial charge >= 0.3 is 0 Å². The Labute approximate surface area is 117 Å². The second-order valence-electron chi connectivity index (χ2n) is 6.08. The van der Waals surface area contributed by atoms with Crippen LogP contribution in [-0.4, -0.2) is 44.9 Å². The molecule has 112 valence electrons. The first-order valence-corrected chi connectivity index (χ1v) is 8.91. The van der Waals surface area contributed by atoms with Gasteiger partial charge in [0.25, 0.3) is 10.2 Å². The summed E-state index contributed by atoms with van der Waals surface area (Å²) < 4.78 is 29.2. The van der Waals surface area contributed by atoms with Crippen LogP contribution in [0.3, 0.4) is 0 Å². The van der Waals surface area contributed by atoms with Gasteiger partial charge in [-0.2, -0.15) is 17.4 Å². The number of nitrogens with one attached hydrogen (secondary N) is 2. The summed E-state index contributed by atoms with van der Waals surface area (Å²) in [4.78, 5) is 0. The van der Waals surface area contributed by atoms with Gasteiger partial charge in [-0.15, -0.1) is 0 Å². The minimum absolute atomic E-state index is 0.0337. The summed E-state index contributed by atoms with van der Waals surface area (Å²) in [6, 6.07) is 0.0337. The van der Waals surface area contributed by atoms with Crippen LogP contribution >= 0.6 is 0 Å². The molecule has 6 heteroatoms. The van der Waals surface area contributed by atoms with Gasteiger partial charge in [0, 0.05) is 19.1 Å². The molecule has 0 aromatic rings. The lowest BCUT2D eigenvalue weighted by atomic mass is 9.92. The molecular formula is C13H27N3O2S. The van der Waals surface area contributed by atoms with Crippen LogP contribution in [0.15, 0.2) is 0 Å². The van der Waals surface area contributed by atoms with E-state index in [1.54, 1.807) is 4.31 Å². The van der Waals surface area contributed by atoms with E-state index in [1.807, 2.05) is 6.92 Å². The lowest BCUT2D eigenvalue weighted by Gasteiger charge is -2.33. The second-order valence-corrected chi connectivity index (χ2v) is 7.78. The van der Waals surface area contributed by atoms with Gasteiger partial charge in [0.05, 0.1) is 0 Å². The van der Waals surface area contributed by atoms with Crippen LogP contribution in [0.5, 0.6) is 0 Å². The molecule has 2 aliphatic heterocycles. The average molecular weight is 289 g/mol. The zero-order valence-electron chi connectivity index (χ0n) is 12.1. The van der Waals surface area contributed by atoms with E-state index in [0.717, 1.165) is 38.8 Å². The summed E-state index contributed by atoms with van der Waals surface area (Å²) in [5, 5.41) is 3.31. The molecule has 2 aliphatic rings. The molecule has 5 nitrogen and oxygen atoms in total. The van der Waals surface area contributed by atoms with Crippen LogP contribution < -0.4 is 10.0 Å². The molecule has 2 saturated heterocycles. The lowest BCUT2D eigenvalue weighted by Crippen LogP contribution is -2.50. The maximum atomic E-state index is 12.3. The molecule has 1 atom stereocenters. The normalized spacial score (nSPS) is 26.4. The van der Waals surface area contributed by atoms with Crippen LogP contribution in [0.25, 0.3) is 0 Å². The predicted octanol–water partition coefficient (Wildman–Crippen LogP) is 0.941. The molecule has 1 unspecified atom stereocenters. The molecule has 2 rings (SSSR count). The van der Waals surface area contributed by atoms with Gasteiger partial charge < -0.3 is 5.32 Å². The molecule has 0 radical (unpaired) electrons. The van der Waals surface area contributed by atoms with Gasteiger partial charge in [-0.05, 0) is 57.5 Å². The first-order chi connectivity index (χ1) is 8.99. The summed E-state index contributed by atoms with van der Waals surface area (Å²) in [6.07, 6.45) is 4.06. The monoisotopic (exact) mass is 289 g/mol. The lowest BCUT2D eigenvalue weighted by molar-refractivity contribution is 0.273. The molecule has 0 aromatic carbocycles. The molecule has 0 aromatic heterocycles. The quantitative estimate of drug-likeness (QED) is 0.810. The van der Waals surface area contributed by atoms with Crippen molar-refractivity contribution in [2.45, 2.75) is 45.6 Å². The Kier molecular flexibility index (Phi) is 5.22. The predicted molar refractivity (Wildman–Crippen MR) is 77.1 cm³/mol. The maximum Gasteiger partial charge on any atom is 0.279 e. The minimum Gasteiger partial charge on any atom is -0.317 e. The number of rotatable bonds is 4. The van der Waals surface area contributed by atoms with Crippen LogP contribution in [0, 0.1) is 11.8 Å². The number of hydrogen-bond acceptors (Lipinski definition) is 3. The van der Waals surface area contributed by atoms with Crippen molar-refractivity contribution < 1.29 is 8.42 Å². The fraction of sp³-hybridized carbons (Fsp3) is 1.00. The zero-order chi connectivity index (χ0) is 13.9. The van der Waals surface area contributed by atoms with Gasteiger partial charge in [-0.3, -0.25) is 0 Å². The third-order valence-electron chi connectivity index (χ3n) is 4.51. The highest BCUT2D eigenvalue weighted by atomic mass is 32.2. The summed E-state index contributed by atoms with van der Waals surface area (Å²) >= 11 is 0. The van der Waals surface area contributed by atoms with Gasteiger partial charge in [0.2, 0.25) is 0 Å². The molecule has 2 fully saturated rings. The summed E-state index contributed by atoms with van der Waals surface area (Å²) in [5.41, 5.74) is 0. The smallest absolute Gasteiger partial charge is 0.279 e. The van der Waals surface area contributed by atoms with Crippen molar-refractivity contribution in [1.29, 1.82) is 0 Å². The Hall–Kier alpha value is -0.170. The number of hydrogen-bond donors (Lipinski definition) is 2. The van der Waals surface area contributed by atoms with Crippen molar-refractivity contribution in [3.05, 3.63) is 0 Å². The third-order valence-corrected chi connectivity index (χ3v) is 6.22. The summed E-state index contributed by atoms with van der Waals surface area (Å²) in [6.45, 7) is 7.51. The van der Waals surface area contributed by atoms with Crippen molar-refractivity contribution in [2.24, 2.45) is 11.8 Å². The molecule has 2 heterocycles. The van der Waals surface area contributed by atoms with Crippen molar-refractivity contribution in [3.63, 3.8) is 0 Å². The Morgan fingerprint density at radius 1 is 1.16 bits per heavy atom. The molecule has 0 saturated carbocycles. The fourth-order valence-electron chi connectivity index (χ4n) is 2.98. The van der Waals surface area contributed by atoms with E-state index in [1.165, 1.54) is 0 Å². The van der Waals surface area contributed by atoms with Crippen molar-refractivity contribution in [1.82, 2.24) is 14.3 Å². The van der Waals surface area contributed by atoms with Crippen LogP contribution in [0.1, 0.15) is 39.5 Å².